The molecule has 1 aromatic rings. The molecule has 10 heteroatoms. The molecule has 0 radical (unpaired) electrons. The molecular weight excluding hydrogens is 384 g/mol. The molecule has 2 unspecified atom stereocenters. The first-order chi connectivity index (χ1) is 13.2. The number of hydrogen-bond acceptors (Lipinski definition) is 6. The number of benzene rings is 1. The van der Waals surface area contributed by atoms with Gasteiger partial charge in [0.25, 0.3) is 0 Å². The summed E-state index contributed by atoms with van der Waals surface area (Å²) in [6, 6.07) is 4.40. The molecule has 1 aliphatic rings. The third-order valence-corrected chi connectivity index (χ3v) is 5.60. The lowest BCUT2D eigenvalue weighted by Gasteiger charge is -2.35. The minimum absolute atomic E-state index is 0.0424. The van der Waals surface area contributed by atoms with E-state index in [1.807, 2.05) is 13.8 Å². The van der Waals surface area contributed by atoms with Gasteiger partial charge in [-0.25, -0.2) is 13.2 Å². The van der Waals surface area contributed by atoms with Crippen LogP contribution in [0.3, 0.4) is 0 Å². The summed E-state index contributed by atoms with van der Waals surface area (Å²) < 4.78 is 36.8. The minimum Gasteiger partial charge on any atom is -0.494 e. The van der Waals surface area contributed by atoms with Crippen LogP contribution in [0.2, 0.25) is 0 Å². The third kappa shape index (κ3) is 6.84. The van der Waals surface area contributed by atoms with Crippen LogP contribution in [0, 0.1) is 0 Å². The van der Waals surface area contributed by atoms with Crippen molar-refractivity contribution in [3.05, 3.63) is 18.2 Å². The first-order valence-corrected chi connectivity index (χ1v) is 11.0. The Hall–Kier alpha value is -2.04. The van der Waals surface area contributed by atoms with E-state index in [4.69, 9.17) is 9.47 Å². The van der Waals surface area contributed by atoms with Crippen molar-refractivity contribution in [2.24, 2.45) is 0 Å². The molecule has 28 heavy (non-hydrogen) atoms. The molecule has 0 saturated carbocycles. The number of urea groups is 1. The fourth-order valence-corrected chi connectivity index (χ4v) is 3.71. The smallest absolute Gasteiger partial charge is 0.319 e. The number of carbonyl (C=O) groups excluding carboxylic acids is 1. The maximum atomic E-state index is 12.1. The van der Waals surface area contributed by atoms with Crippen molar-refractivity contribution in [2.45, 2.75) is 33.0 Å². The van der Waals surface area contributed by atoms with Gasteiger partial charge in [0.15, 0.2) is 0 Å². The zero-order chi connectivity index (χ0) is 20.7. The molecule has 1 fully saturated rings. The molecule has 0 bridgehead atoms. The summed E-state index contributed by atoms with van der Waals surface area (Å²) in [7, 11) is -1.98. The molecule has 2 amide bonds. The van der Waals surface area contributed by atoms with Crippen molar-refractivity contribution in [1.29, 1.82) is 0 Å². The van der Waals surface area contributed by atoms with E-state index in [9.17, 15) is 13.2 Å². The lowest BCUT2D eigenvalue weighted by molar-refractivity contribution is -0.0672. The second kappa shape index (κ2) is 9.94. The molecule has 0 aliphatic carbocycles. The third-order valence-electron chi connectivity index (χ3n) is 4.31. The number of rotatable bonds is 8. The number of amides is 2. The maximum absolute atomic E-state index is 12.1. The van der Waals surface area contributed by atoms with Gasteiger partial charge in [-0.2, -0.15) is 0 Å². The molecule has 1 saturated heterocycles. The monoisotopic (exact) mass is 414 g/mol. The van der Waals surface area contributed by atoms with Crippen LogP contribution in [0.1, 0.15) is 20.8 Å². The van der Waals surface area contributed by atoms with Crippen LogP contribution in [0.4, 0.5) is 16.2 Å². The van der Waals surface area contributed by atoms with E-state index in [1.165, 1.54) is 7.11 Å². The van der Waals surface area contributed by atoms with Crippen molar-refractivity contribution in [1.82, 2.24) is 10.2 Å². The van der Waals surface area contributed by atoms with Crippen LogP contribution in [-0.2, 0) is 14.8 Å². The fourth-order valence-electron chi connectivity index (χ4n) is 3.06. The number of anilines is 2. The Labute approximate surface area is 166 Å². The van der Waals surface area contributed by atoms with Crippen molar-refractivity contribution in [2.75, 3.05) is 49.1 Å². The van der Waals surface area contributed by atoms with Gasteiger partial charge >= 0.3 is 6.03 Å². The predicted octanol–water partition coefficient (Wildman–Crippen LogP) is 1.69. The van der Waals surface area contributed by atoms with E-state index < -0.39 is 10.0 Å². The largest absolute Gasteiger partial charge is 0.494 e. The SMILES string of the molecule is CCS(=O)(=O)Nc1ccc(NC(=O)NCCN2CC(C)OC(C)C2)cc1OC. The number of morpholine rings is 1. The highest BCUT2D eigenvalue weighted by Crippen LogP contribution is 2.28. The summed E-state index contributed by atoms with van der Waals surface area (Å²) in [6.45, 7) is 8.58. The predicted molar refractivity (Wildman–Crippen MR) is 110 cm³/mol. The van der Waals surface area contributed by atoms with Gasteiger partial charge in [0.1, 0.15) is 5.75 Å². The normalized spacial score (nSPS) is 20.4. The summed E-state index contributed by atoms with van der Waals surface area (Å²) in [5, 5.41) is 5.55. The van der Waals surface area contributed by atoms with Gasteiger partial charge in [-0.15, -0.1) is 0 Å². The van der Waals surface area contributed by atoms with Crippen molar-refractivity contribution < 1.29 is 22.7 Å². The molecule has 1 aromatic carbocycles. The zero-order valence-electron chi connectivity index (χ0n) is 16.8. The number of hydrogen-bond donors (Lipinski definition) is 3. The Balaban J connectivity index is 1.86. The van der Waals surface area contributed by atoms with E-state index >= 15 is 0 Å². The lowest BCUT2D eigenvalue weighted by atomic mass is 10.2. The van der Waals surface area contributed by atoms with Gasteiger partial charge in [-0.05, 0) is 32.9 Å². The lowest BCUT2D eigenvalue weighted by Crippen LogP contribution is -2.48. The summed E-state index contributed by atoms with van der Waals surface area (Å²) in [4.78, 5) is 14.4. The van der Waals surface area contributed by atoms with Crippen LogP contribution in [-0.4, -0.2) is 70.6 Å². The maximum Gasteiger partial charge on any atom is 0.319 e. The Bertz CT molecular complexity index is 761. The first kappa shape index (κ1) is 22.3. The van der Waals surface area contributed by atoms with Gasteiger partial charge < -0.3 is 20.1 Å². The fraction of sp³-hybridized carbons (Fsp3) is 0.611. The molecule has 158 valence electrons. The number of nitrogens with zero attached hydrogens (tertiary/aromatic N) is 1. The van der Waals surface area contributed by atoms with Gasteiger partial charge in [0.05, 0.1) is 30.8 Å². The van der Waals surface area contributed by atoms with Gasteiger partial charge in [-0.1, -0.05) is 0 Å². The second-order valence-corrected chi connectivity index (χ2v) is 8.83. The molecule has 9 nitrogen and oxygen atoms in total. The number of ether oxygens (including phenoxy) is 2. The van der Waals surface area contributed by atoms with Gasteiger partial charge in [-0.3, -0.25) is 9.62 Å². The summed E-state index contributed by atoms with van der Waals surface area (Å²) >= 11 is 0. The van der Waals surface area contributed by atoms with Crippen LogP contribution < -0.4 is 20.1 Å². The highest BCUT2D eigenvalue weighted by Gasteiger charge is 2.21. The molecule has 0 spiro atoms. The van der Waals surface area contributed by atoms with Crippen molar-refractivity contribution in [3.8, 4) is 5.75 Å². The van der Waals surface area contributed by atoms with Crippen LogP contribution in [0.15, 0.2) is 18.2 Å². The summed E-state index contributed by atoms with van der Waals surface area (Å²) in [5.74, 6) is 0.283. The quantitative estimate of drug-likeness (QED) is 0.597. The topological polar surface area (TPSA) is 109 Å². The molecule has 0 aromatic heterocycles. The Morgan fingerprint density at radius 2 is 1.96 bits per heavy atom. The Kier molecular flexibility index (Phi) is 7.90. The summed E-state index contributed by atoms with van der Waals surface area (Å²) in [6.07, 6.45) is 0.377. The number of nitrogens with one attached hydrogen (secondary N) is 3. The summed E-state index contributed by atoms with van der Waals surface area (Å²) in [5.41, 5.74) is 0.827. The zero-order valence-corrected chi connectivity index (χ0v) is 17.6. The number of sulfonamides is 1. The average Bonchev–Trinajstić information content (AvgIpc) is 2.62. The van der Waals surface area contributed by atoms with E-state index in [1.54, 1.807) is 25.1 Å². The van der Waals surface area contributed by atoms with Crippen LogP contribution in [0.5, 0.6) is 5.75 Å². The standard InChI is InChI=1S/C18H30N4O5S/c1-5-28(24,25)21-16-7-6-15(10-17(16)26-4)20-18(23)19-8-9-22-11-13(2)27-14(3)12-22/h6-7,10,13-14,21H,5,8-9,11-12H2,1-4H3,(H2,19,20,23). The van der Waals surface area contributed by atoms with Gasteiger partial charge in [0.2, 0.25) is 10.0 Å². The van der Waals surface area contributed by atoms with E-state index in [2.05, 4.69) is 20.3 Å². The Morgan fingerprint density at radius 1 is 1.29 bits per heavy atom. The first-order valence-electron chi connectivity index (χ1n) is 9.33. The minimum atomic E-state index is -3.42. The molecule has 2 rings (SSSR count). The molecule has 1 aliphatic heterocycles. The molecule has 3 N–H and O–H groups in total. The van der Waals surface area contributed by atoms with E-state index in [-0.39, 0.29) is 24.0 Å². The van der Waals surface area contributed by atoms with Crippen LogP contribution >= 0.6 is 0 Å². The molecule has 2 atom stereocenters. The number of methoxy groups -OCH3 is 1. The highest BCUT2D eigenvalue weighted by atomic mass is 32.2. The molecule has 1 heterocycles. The number of carbonyl (C=O) groups is 1. The second-order valence-electron chi connectivity index (χ2n) is 6.82. The van der Waals surface area contributed by atoms with Crippen molar-refractivity contribution in [3.63, 3.8) is 0 Å². The highest BCUT2D eigenvalue weighted by molar-refractivity contribution is 7.92. The van der Waals surface area contributed by atoms with Crippen LogP contribution in [0.25, 0.3) is 0 Å². The Morgan fingerprint density at radius 3 is 2.57 bits per heavy atom. The molecular formula is C18H30N4O5S. The average molecular weight is 415 g/mol. The van der Waals surface area contributed by atoms with E-state index in [0.29, 0.717) is 23.7 Å². The van der Waals surface area contributed by atoms with Gasteiger partial charge in [0, 0.05) is 37.9 Å². The van der Waals surface area contributed by atoms with Crippen molar-refractivity contribution >= 4 is 27.4 Å². The van der Waals surface area contributed by atoms with E-state index in [0.717, 1.165) is 19.6 Å².